The van der Waals surface area contributed by atoms with Crippen LogP contribution in [0, 0.1) is 0 Å². The van der Waals surface area contributed by atoms with Crippen molar-refractivity contribution in [1.82, 2.24) is 0 Å². The van der Waals surface area contributed by atoms with E-state index in [4.69, 9.17) is 16.3 Å². The number of carbonyl (C=O) groups excluding carboxylic acids is 1. The SMILES string of the molecule is CCOC(=O)Cc1ccc(C=CCCCl)cc1. The lowest BCUT2D eigenvalue weighted by atomic mass is 10.1. The first-order valence-electron chi connectivity index (χ1n) is 5.73. The van der Waals surface area contributed by atoms with Crippen LogP contribution < -0.4 is 0 Å². The van der Waals surface area contributed by atoms with Crippen LogP contribution in [0.1, 0.15) is 24.5 Å². The molecule has 0 spiro atoms. The molecule has 2 nitrogen and oxygen atoms in total. The minimum absolute atomic E-state index is 0.182. The average molecular weight is 253 g/mol. The number of halogens is 1. The van der Waals surface area contributed by atoms with Crippen molar-refractivity contribution < 1.29 is 9.53 Å². The van der Waals surface area contributed by atoms with Crippen molar-refractivity contribution in [3.8, 4) is 0 Å². The lowest BCUT2D eigenvalue weighted by molar-refractivity contribution is -0.142. The van der Waals surface area contributed by atoms with Crippen LogP contribution in [-0.2, 0) is 16.0 Å². The van der Waals surface area contributed by atoms with Gasteiger partial charge in [-0.05, 0) is 24.5 Å². The maximum Gasteiger partial charge on any atom is 0.310 e. The van der Waals surface area contributed by atoms with Crippen molar-refractivity contribution in [3.63, 3.8) is 0 Å². The molecule has 0 fully saturated rings. The lowest BCUT2D eigenvalue weighted by Crippen LogP contribution is -2.07. The van der Waals surface area contributed by atoms with Crippen molar-refractivity contribution in [2.24, 2.45) is 0 Å². The molecular formula is C14H17ClO2. The van der Waals surface area contributed by atoms with Crippen LogP contribution in [0.15, 0.2) is 30.3 Å². The van der Waals surface area contributed by atoms with Crippen molar-refractivity contribution in [1.29, 1.82) is 0 Å². The molecule has 1 rings (SSSR count). The van der Waals surface area contributed by atoms with Gasteiger partial charge in [-0.25, -0.2) is 0 Å². The van der Waals surface area contributed by atoms with Crippen LogP contribution in [0.5, 0.6) is 0 Å². The third-order valence-corrected chi connectivity index (χ3v) is 2.44. The third-order valence-electron chi connectivity index (χ3n) is 2.22. The molecule has 0 aromatic heterocycles. The summed E-state index contributed by atoms with van der Waals surface area (Å²) in [6, 6.07) is 7.85. The van der Waals surface area contributed by atoms with E-state index in [9.17, 15) is 4.79 Å². The van der Waals surface area contributed by atoms with Crippen molar-refractivity contribution in [2.75, 3.05) is 12.5 Å². The Labute approximate surface area is 107 Å². The van der Waals surface area contributed by atoms with Crippen molar-refractivity contribution >= 4 is 23.6 Å². The first kappa shape index (κ1) is 13.8. The van der Waals surface area contributed by atoms with Gasteiger partial charge in [0.05, 0.1) is 13.0 Å². The third kappa shape index (κ3) is 5.55. The molecular weight excluding hydrogens is 236 g/mol. The number of alkyl halides is 1. The van der Waals surface area contributed by atoms with Crippen LogP contribution in [0.3, 0.4) is 0 Å². The number of ether oxygens (including phenoxy) is 1. The summed E-state index contributed by atoms with van der Waals surface area (Å²) in [7, 11) is 0. The van der Waals surface area contributed by atoms with Gasteiger partial charge in [-0.2, -0.15) is 0 Å². The van der Waals surface area contributed by atoms with Crippen LogP contribution in [-0.4, -0.2) is 18.5 Å². The predicted molar refractivity (Wildman–Crippen MR) is 71.2 cm³/mol. The molecule has 0 amide bonds. The molecule has 1 aromatic carbocycles. The van der Waals surface area contributed by atoms with Crippen molar-refractivity contribution in [3.05, 3.63) is 41.5 Å². The first-order chi connectivity index (χ1) is 8.26. The number of esters is 1. The summed E-state index contributed by atoms with van der Waals surface area (Å²) in [4.78, 5) is 11.3. The highest BCUT2D eigenvalue weighted by molar-refractivity contribution is 6.17. The second kappa shape index (κ2) is 7.91. The van der Waals surface area contributed by atoms with E-state index in [0.29, 0.717) is 18.9 Å². The molecule has 0 aliphatic carbocycles. The van der Waals surface area contributed by atoms with Crippen molar-refractivity contribution in [2.45, 2.75) is 19.8 Å². The fourth-order valence-corrected chi connectivity index (χ4v) is 1.53. The average Bonchev–Trinajstić information content (AvgIpc) is 2.32. The zero-order valence-electron chi connectivity index (χ0n) is 9.99. The van der Waals surface area contributed by atoms with Gasteiger partial charge in [-0.1, -0.05) is 36.4 Å². The maximum atomic E-state index is 11.3. The normalized spacial score (nSPS) is 10.7. The second-order valence-corrected chi connectivity index (χ2v) is 3.98. The van der Waals surface area contributed by atoms with Gasteiger partial charge in [-0.3, -0.25) is 4.79 Å². The number of allylic oxidation sites excluding steroid dienone is 1. The highest BCUT2D eigenvalue weighted by Gasteiger charge is 2.02. The first-order valence-corrected chi connectivity index (χ1v) is 6.26. The molecule has 0 radical (unpaired) electrons. The molecule has 0 N–H and O–H groups in total. The largest absolute Gasteiger partial charge is 0.466 e. The Kier molecular flexibility index (Phi) is 6.41. The number of hydrogen-bond donors (Lipinski definition) is 0. The van der Waals surface area contributed by atoms with Crippen LogP contribution in [0.4, 0.5) is 0 Å². The van der Waals surface area contributed by atoms with E-state index in [0.717, 1.165) is 17.5 Å². The van der Waals surface area contributed by atoms with Gasteiger partial charge in [0, 0.05) is 5.88 Å². The summed E-state index contributed by atoms with van der Waals surface area (Å²) >= 11 is 5.58. The maximum absolute atomic E-state index is 11.3. The van der Waals surface area contributed by atoms with E-state index in [1.165, 1.54) is 0 Å². The van der Waals surface area contributed by atoms with Gasteiger partial charge >= 0.3 is 5.97 Å². The molecule has 17 heavy (non-hydrogen) atoms. The van der Waals surface area contributed by atoms with Gasteiger partial charge < -0.3 is 4.74 Å². The van der Waals surface area contributed by atoms with Crippen LogP contribution in [0.2, 0.25) is 0 Å². The molecule has 1 aromatic rings. The topological polar surface area (TPSA) is 26.3 Å². The second-order valence-electron chi connectivity index (χ2n) is 3.60. The van der Waals surface area contributed by atoms with E-state index in [1.807, 2.05) is 43.3 Å². The summed E-state index contributed by atoms with van der Waals surface area (Å²) < 4.78 is 4.89. The van der Waals surface area contributed by atoms with E-state index >= 15 is 0 Å². The molecule has 0 aliphatic rings. The fourth-order valence-electron chi connectivity index (χ4n) is 1.41. The number of rotatable bonds is 6. The molecule has 0 heterocycles. The minimum atomic E-state index is -0.182. The Morgan fingerprint density at radius 3 is 2.65 bits per heavy atom. The highest BCUT2D eigenvalue weighted by atomic mass is 35.5. The van der Waals surface area contributed by atoms with Gasteiger partial charge in [0.2, 0.25) is 0 Å². The lowest BCUT2D eigenvalue weighted by Gasteiger charge is -2.02. The predicted octanol–water partition coefficient (Wildman–Crippen LogP) is 3.43. The molecule has 0 aliphatic heterocycles. The highest BCUT2D eigenvalue weighted by Crippen LogP contribution is 2.08. The van der Waals surface area contributed by atoms with E-state index in [1.54, 1.807) is 0 Å². The van der Waals surface area contributed by atoms with Crippen LogP contribution in [0.25, 0.3) is 6.08 Å². The molecule has 0 saturated carbocycles. The van der Waals surface area contributed by atoms with E-state index in [-0.39, 0.29) is 5.97 Å². The molecule has 92 valence electrons. The van der Waals surface area contributed by atoms with Gasteiger partial charge in [0.25, 0.3) is 0 Å². The standard InChI is InChI=1S/C14H17ClO2/c1-2-17-14(16)11-13-8-6-12(7-9-13)5-3-4-10-15/h3,5-9H,2,4,10-11H2,1H3. The smallest absolute Gasteiger partial charge is 0.310 e. The summed E-state index contributed by atoms with van der Waals surface area (Å²) in [6.45, 7) is 2.24. The van der Waals surface area contributed by atoms with E-state index in [2.05, 4.69) is 0 Å². The minimum Gasteiger partial charge on any atom is -0.466 e. The summed E-state index contributed by atoms with van der Waals surface area (Å²) in [5.74, 6) is 0.454. The summed E-state index contributed by atoms with van der Waals surface area (Å²) in [6.07, 6.45) is 5.26. The number of benzene rings is 1. The fraction of sp³-hybridized carbons (Fsp3) is 0.357. The Balaban J connectivity index is 2.52. The Hall–Kier alpha value is -1.28. The zero-order chi connectivity index (χ0) is 12.5. The van der Waals surface area contributed by atoms with Gasteiger partial charge in [-0.15, -0.1) is 11.6 Å². The Morgan fingerprint density at radius 2 is 2.06 bits per heavy atom. The molecule has 0 atom stereocenters. The Morgan fingerprint density at radius 1 is 1.35 bits per heavy atom. The number of carbonyl (C=O) groups is 1. The summed E-state index contributed by atoms with van der Waals surface area (Å²) in [5.41, 5.74) is 2.08. The monoisotopic (exact) mass is 252 g/mol. The zero-order valence-corrected chi connectivity index (χ0v) is 10.7. The molecule has 0 bridgehead atoms. The molecule has 0 unspecified atom stereocenters. The van der Waals surface area contributed by atoms with Gasteiger partial charge in [0.15, 0.2) is 0 Å². The Bertz CT molecular complexity index is 368. The quantitative estimate of drug-likeness (QED) is 0.573. The number of hydrogen-bond acceptors (Lipinski definition) is 2. The molecule has 3 heteroatoms. The summed E-state index contributed by atoms with van der Waals surface area (Å²) in [5, 5.41) is 0. The van der Waals surface area contributed by atoms with Crippen LogP contribution >= 0.6 is 11.6 Å². The van der Waals surface area contributed by atoms with E-state index < -0.39 is 0 Å². The molecule has 0 saturated heterocycles. The van der Waals surface area contributed by atoms with Gasteiger partial charge in [0.1, 0.15) is 0 Å².